The third-order valence-corrected chi connectivity index (χ3v) is 8.20. The molecule has 1 unspecified atom stereocenters. The molecule has 0 rings (SSSR count). The maximum atomic E-state index is 12.2. The standard InChI is InChI=1S/C45H76O4/c1-3-5-7-9-11-13-15-17-19-21-22-23-25-27-29-31-33-35-37-39-41-48-43-44(42-46)49-45(47)40-38-36-34-32-30-28-26-24-20-18-16-14-12-10-8-6-4-2/h5,7,11-14,17-20,22-23,27,29,44,46H,3-4,6,8-10,15-16,21,24-26,28,30-43H2,1-2H3/b7-5-,13-11-,14-12-,19-17-,20-18-,23-22-,29-27-. The highest BCUT2D eigenvalue weighted by Gasteiger charge is 2.13. The van der Waals surface area contributed by atoms with Crippen LogP contribution in [0.4, 0.5) is 0 Å². The van der Waals surface area contributed by atoms with Gasteiger partial charge >= 0.3 is 5.97 Å². The van der Waals surface area contributed by atoms with Crippen LogP contribution in [0.3, 0.4) is 0 Å². The highest BCUT2D eigenvalue weighted by Crippen LogP contribution is 2.11. The first-order chi connectivity index (χ1) is 24.2. The molecule has 49 heavy (non-hydrogen) atoms. The van der Waals surface area contributed by atoms with Crippen molar-refractivity contribution in [3.05, 3.63) is 85.1 Å². The summed E-state index contributed by atoms with van der Waals surface area (Å²) in [6.45, 7) is 5.13. The zero-order valence-electron chi connectivity index (χ0n) is 31.9. The normalized spacial score (nSPS) is 13.3. The molecule has 4 heteroatoms. The second kappa shape index (κ2) is 41.7. The Morgan fingerprint density at radius 3 is 1.39 bits per heavy atom. The van der Waals surface area contributed by atoms with Crippen LogP contribution < -0.4 is 0 Å². The largest absolute Gasteiger partial charge is 0.457 e. The number of esters is 1. The number of rotatable bonds is 36. The zero-order valence-corrected chi connectivity index (χ0v) is 31.9. The number of carbonyl (C=O) groups excluding carboxylic acids is 1. The van der Waals surface area contributed by atoms with Crippen molar-refractivity contribution in [1.29, 1.82) is 0 Å². The van der Waals surface area contributed by atoms with Crippen molar-refractivity contribution < 1.29 is 19.4 Å². The molecule has 0 spiro atoms. The number of aliphatic hydroxyl groups is 1. The fraction of sp³-hybridized carbons (Fsp3) is 0.667. The molecule has 0 aromatic heterocycles. The SMILES string of the molecule is CC/C=C\C/C=C\C/C=C\C/C=C\C/C=C\CCCCCCOCC(CO)OC(=O)CCCCCCCCC/C=C\C/C=C\CCCCC. The molecule has 0 aromatic carbocycles. The van der Waals surface area contributed by atoms with E-state index in [1.807, 2.05) is 0 Å². The van der Waals surface area contributed by atoms with Gasteiger partial charge in [-0.3, -0.25) is 4.79 Å². The second-order valence-electron chi connectivity index (χ2n) is 13.0. The van der Waals surface area contributed by atoms with Gasteiger partial charge in [-0.25, -0.2) is 0 Å². The second-order valence-corrected chi connectivity index (χ2v) is 13.0. The number of aliphatic hydroxyl groups excluding tert-OH is 1. The van der Waals surface area contributed by atoms with Gasteiger partial charge in [0.15, 0.2) is 0 Å². The van der Waals surface area contributed by atoms with Gasteiger partial charge in [0.05, 0.1) is 13.2 Å². The van der Waals surface area contributed by atoms with E-state index in [4.69, 9.17) is 9.47 Å². The van der Waals surface area contributed by atoms with Gasteiger partial charge in [-0.05, 0) is 89.9 Å². The minimum Gasteiger partial charge on any atom is -0.457 e. The average molecular weight is 681 g/mol. The summed E-state index contributed by atoms with van der Waals surface area (Å²) in [5.74, 6) is -0.222. The Labute approximate surface area is 303 Å². The predicted octanol–water partition coefficient (Wildman–Crippen LogP) is 13.2. The maximum absolute atomic E-state index is 12.2. The van der Waals surface area contributed by atoms with Gasteiger partial charge in [0, 0.05) is 13.0 Å². The third kappa shape index (κ3) is 39.9. The van der Waals surface area contributed by atoms with Gasteiger partial charge in [0.2, 0.25) is 0 Å². The fourth-order valence-electron chi connectivity index (χ4n) is 5.21. The van der Waals surface area contributed by atoms with Crippen LogP contribution in [0.2, 0.25) is 0 Å². The number of allylic oxidation sites excluding steroid dienone is 14. The molecule has 0 aliphatic heterocycles. The van der Waals surface area contributed by atoms with Crippen LogP contribution >= 0.6 is 0 Å². The fourth-order valence-corrected chi connectivity index (χ4v) is 5.21. The Hall–Kier alpha value is -2.43. The summed E-state index contributed by atoms with van der Waals surface area (Å²) in [5, 5.41) is 9.59. The van der Waals surface area contributed by atoms with Crippen molar-refractivity contribution in [2.45, 2.75) is 174 Å². The van der Waals surface area contributed by atoms with Crippen LogP contribution in [0.15, 0.2) is 85.1 Å². The molecule has 280 valence electrons. The number of carbonyl (C=O) groups is 1. The Morgan fingerprint density at radius 1 is 0.510 bits per heavy atom. The monoisotopic (exact) mass is 681 g/mol. The van der Waals surface area contributed by atoms with E-state index in [9.17, 15) is 9.90 Å². The van der Waals surface area contributed by atoms with Crippen LogP contribution in [0, 0.1) is 0 Å². The van der Waals surface area contributed by atoms with Crippen LogP contribution in [0.5, 0.6) is 0 Å². The summed E-state index contributed by atoms with van der Waals surface area (Å²) in [6.07, 6.45) is 57.7. The molecule has 0 saturated carbocycles. The smallest absolute Gasteiger partial charge is 0.306 e. The minimum absolute atomic E-state index is 0.191. The molecule has 0 bridgehead atoms. The van der Waals surface area contributed by atoms with E-state index in [2.05, 4.69) is 98.9 Å². The van der Waals surface area contributed by atoms with Crippen LogP contribution in [0.25, 0.3) is 0 Å². The van der Waals surface area contributed by atoms with E-state index in [0.717, 1.165) is 70.6 Å². The highest BCUT2D eigenvalue weighted by atomic mass is 16.6. The number of hydrogen-bond donors (Lipinski definition) is 1. The van der Waals surface area contributed by atoms with Gasteiger partial charge in [-0.15, -0.1) is 0 Å². The molecule has 4 nitrogen and oxygen atoms in total. The van der Waals surface area contributed by atoms with Crippen LogP contribution in [-0.2, 0) is 14.3 Å². The Morgan fingerprint density at radius 2 is 0.918 bits per heavy atom. The van der Waals surface area contributed by atoms with Crippen molar-refractivity contribution >= 4 is 5.97 Å². The Kier molecular flexibility index (Phi) is 39.7. The van der Waals surface area contributed by atoms with E-state index >= 15 is 0 Å². The molecular formula is C45H76O4. The first-order valence-electron chi connectivity index (χ1n) is 20.2. The molecule has 1 atom stereocenters. The topological polar surface area (TPSA) is 55.8 Å². The van der Waals surface area contributed by atoms with Crippen molar-refractivity contribution in [1.82, 2.24) is 0 Å². The summed E-state index contributed by atoms with van der Waals surface area (Å²) in [4.78, 5) is 12.2. The van der Waals surface area contributed by atoms with Gasteiger partial charge in [0.25, 0.3) is 0 Å². The lowest BCUT2D eigenvalue weighted by Crippen LogP contribution is -2.27. The Bertz CT molecular complexity index is 892. The molecule has 0 aliphatic carbocycles. The van der Waals surface area contributed by atoms with Crippen molar-refractivity contribution in [2.24, 2.45) is 0 Å². The summed E-state index contributed by atoms with van der Waals surface area (Å²) < 4.78 is 11.1. The van der Waals surface area contributed by atoms with E-state index in [1.54, 1.807) is 0 Å². The van der Waals surface area contributed by atoms with Crippen LogP contribution in [-0.4, -0.2) is 37.0 Å². The molecule has 0 aromatic rings. The number of hydrogen-bond acceptors (Lipinski definition) is 4. The van der Waals surface area contributed by atoms with Gasteiger partial charge in [0.1, 0.15) is 6.10 Å². The minimum atomic E-state index is -0.557. The quantitative estimate of drug-likeness (QED) is 0.0406. The number of unbranched alkanes of at least 4 members (excludes halogenated alkanes) is 14. The molecule has 0 heterocycles. The number of ether oxygens (including phenoxy) is 2. The average Bonchev–Trinajstić information content (AvgIpc) is 3.11. The first-order valence-corrected chi connectivity index (χ1v) is 20.2. The molecule has 0 amide bonds. The molecular weight excluding hydrogens is 604 g/mol. The molecule has 1 N–H and O–H groups in total. The van der Waals surface area contributed by atoms with E-state index in [1.165, 1.54) is 77.0 Å². The maximum Gasteiger partial charge on any atom is 0.306 e. The van der Waals surface area contributed by atoms with Gasteiger partial charge < -0.3 is 14.6 Å². The lowest BCUT2D eigenvalue weighted by atomic mass is 10.1. The molecule has 0 fully saturated rings. The summed E-state index contributed by atoms with van der Waals surface area (Å²) in [7, 11) is 0. The Balaban J connectivity index is 3.55. The lowest BCUT2D eigenvalue weighted by Gasteiger charge is -2.15. The predicted molar refractivity (Wildman–Crippen MR) is 214 cm³/mol. The lowest BCUT2D eigenvalue weighted by molar-refractivity contribution is -0.154. The highest BCUT2D eigenvalue weighted by molar-refractivity contribution is 5.69. The van der Waals surface area contributed by atoms with Crippen molar-refractivity contribution in [2.75, 3.05) is 19.8 Å². The van der Waals surface area contributed by atoms with E-state index in [0.29, 0.717) is 13.0 Å². The zero-order chi connectivity index (χ0) is 35.6. The molecule has 0 aliphatic rings. The van der Waals surface area contributed by atoms with Gasteiger partial charge in [-0.2, -0.15) is 0 Å². The van der Waals surface area contributed by atoms with Crippen LogP contribution in [0.1, 0.15) is 168 Å². The van der Waals surface area contributed by atoms with E-state index < -0.39 is 6.10 Å². The molecule has 0 radical (unpaired) electrons. The van der Waals surface area contributed by atoms with Crippen molar-refractivity contribution in [3.63, 3.8) is 0 Å². The summed E-state index contributed by atoms with van der Waals surface area (Å²) in [5.41, 5.74) is 0. The van der Waals surface area contributed by atoms with E-state index in [-0.39, 0.29) is 19.2 Å². The third-order valence-electron chi connectivity index (χ3n) is 8.20. The first kappa shape index (κ1) is 46.6. The summed E-state index contributed by atoms with van der Waals surface area (Å²) >= 11 is 0. The summed E-state index contributed by atoms with van der Waals surface area (Å²) in [6, 6.07) is 0. The van der Waals surface area contributed by atoms with Crippen molar-refractivity contribution in [3.8, 4) is 0 Å². The molecule has 0 saturated heterocycles. The van der Waals surface area contributed by atoms with Gasteiger partial charge in [-0.1, -0.05) is 157 Å².